The topological polar surface area (TPSA) is 3.24 Å². The highest BCUT2D eigenvalue weighted by molar-refractivity contribution is 5.98. The molecule has 0 fully saturated rings. The van der Waals surface area contributed by atoms with Crippen LogP contribution in [-0.2, 0) is 5.41 Å². The highest BCUT2D eigenvalue weighted by atomic mass is 15.1. The van der Waals surface area contributed by atoms with E-state index >= 15 is 0 Å². The Hall–Kier alpha value is -7.74. The van der Waals surface area contributed by atoms with Crippen molar-refractivity contribution in [2.75, 3.05) is 4.90 Å². The summed E-state index contributed by atoms with van der Waals surface area (Å²) in [6, 6.07) is 76.5. The van der Waals surface area contributed by atoms with E-state index in [9.17, 15) is 5.48 Å². The molecule has 282 valence electrons. The van der Waals surface area contributed by atoms with Gasteiger partial charge in [0.1, 0.15) is 0 Å². The average Bonchev–Trinajstić information content (AvgIpc) is 3.67. The fraction of sp³-hybridized carbons (Fsp3) is 0.0169. The minimum absolute atomic E-state index is 0.102. The summed E-state index contributed by atoms with van der Waals surface area (Å²) in [4.78, 5) is 1.97. The van der Waals surface area contributed by atoms with Crippen LogP contribution in [0, 0.1) is 0 Å². The SMILES string of the molecule is [2H]c1c([2H])c(N(c2cccc(-c3ccc4ccccc4c3)c2)c2cccc3c2-c2ccccc2C3(c2ccccc2)c2ccccc2)c([2H])c([2H])c1-c1ccc(-c2ccccc2)cc1. The zero-order valence-electron chi connectivity index (χ0n) is 36.8. The summed E-state index contributed by atoms with van der Waals surface area (Å²) in [6.07, 6.45) is 0. The van der Waals surface area contributed by atoms with E-state index in [1.807, 2.05) is 95.9 Å². The molecule has 1 nitrogen and oxygen atoms in total. The molecule has 0 aliphatic heterocycles. The van der Waals surface area contributed by atoms with Crippen LogP contribution in [0.15, 0.2) is 249 Å². The lowest BCUT2D eigenvalue weighted by Crippen LogP contribution is -2.28. The Kier molecular flexibility index (Phi) is 7.76. The van der Waals surface area contributed by atoms with Gasteiger partial charge < -0.3 is 4.90 Å². The number of hydrogen-bond donors (Lipinski definition) is 0. The van der Waals surface area contributed by atoms with E-state index in [2.05, 4.69) is 133 Å². The fourth-order valence-corrected chi connectivity index (χ4v) is 9.26. The van der Waals surface area contributed by atoms with Gasteiger partial charge in [-0.3, -0.25) is 0 Å². The van der Waals surface area contributed by atoms with E-state index in [1.165, 1.54) is 0 Å². The molecular weight excluding hydrogens is 723 g/mol. The standard InChI is InChI=1S/C59H41N/c1-4-16-42(17-5-1)44-30-32-45(33-31-44)46-36-38-52(39-37-46)60(53-25-14-20-48(41-53)49-35-34-43-18-10-11-19-47(43)40-49)57-29-15-28-56-58(57)54-26-12-13-27-55(54)59(56,50-21-6-2-7-22-50)51-23-8-3-9-24-51/h1-41H/i36D,37D,38D,39D. The molecule has 0 saturated carbocycles. The summed E-state index contributed by atoms with van der Waals surface area (Å²) in [5.41, 5.74) is 12.4. The number of benzene rings is 10. The zero-order valence-corrected chi connectivity index (χ0v) is 32.8. The third-order valence-electron chi connectivity index (χ3n) is 12.0. The van der Waals surface area contributed by atoms with Gasteiger partial charge in [-0.25, -0.2) is 0 Å². The van der Waals surface area contributed by atoms with Gasteiger partial charge in [0.25, 0.3) is 0 Å². The van der Waals surface area contributed by atoms with E-state index in [-0.39, 0.29) is 35.4 Å². The van der Waals surface area contributed by atoms with Gasteiger partial charge in [-0.2, -0.15) is 0 Å². The van der Waals surface area contributed by atoms with Crippen LogP contribution in [0.4, 0.5) is 17.1 Å². The predicted molar refractivity (Wildman–Crippen MR) is 252 cm³/mol. The maximum absolute atomic E-state index is 9.89. The molecule has 0 amide bonds. The van der Waals surface area contributed by atoms with Crippen LogP contribution in [0.1, 0.15) is 27.7 Å². The van der Waals surface area contributed by atoms with Crippen LogP contribution in [0.2, 0.25) is 0 Å². The lowest BCUT2D eigenvalue weighted by atomic mass is 9.68. The third kappa shape index (κ3) is 5.94. The number of fused-ring (bicyclic) bond motifs is 4. The van der Waals surface area contributed by atoms with Crippen molar-refractivity contribution in [3.05, 3.63) is 271 Å². The third-order valence-corrected chi connectivity index (χ3v) is 12.0. The second-order valence-corrected chi connectivity index (χ2v) is 15.3. The van der Waals surface area contributed by atoms with Gasteiger partial charge in [-0.15, -0.1) is 0 Å². The van der Waals surface area contributed by atoms with E-state index in [1.54, 1.807) is 0 Å². The van der Waals surface area contributed by atoms with Gasteiger partial charge in [0.05, 0.1) is 16.6 Å². The molecule has 10 aromatic carbocycles. The van der Waals surface area contributed by atoms with Crippen LogP contribution in [0.5, 0.6) is 0 Å². The molecular formula is C59H41N. The molecule has 11 rings (SSSR count). The maximum atomic E-state index is 9.89. The molecule has 0 unspecified atom stereocenters. The normalized spacial score (nSPS) is 13.4. The first-order chi connectivity index (χ1) is 31.4. The molecule has 10 aromatic rings. The Morgan fingerprint density at radius 2 is 0.850 bits per heavy atom. The smallest absolute Gasteiger partial charge is 0.0714 e. The van der Waals surface area contributed by atoms with Crippen LogP contribution in [0.3, 0.4) is 0 Å². The fourth-order valence-electron chi connectivity index (χ4n) is 9.26. The van der Waals surface area contributed by atoms with E-state index in [0.29, 0.717) is 11.3 Å². The first-order valence-electron chi connectivity index (χ1n) is 22.4. The van der Waals surface area contributed by atoms with Gasteiger partial charge in [0.2, 0.25) is 0 Å². The highest BCUT2D eigenvalue weighted by Gasteiger charge is 2.47. The average molecular weight is 768 g/mol. The molecule has 0 atom stereocenters. The van der Waals surface area contributed by atoms with Gasteiger partial charge in [0.15, 0.2) is 0 Å². The van der Waals surface area contributed by atoms with Crippen molar-refractivity contribution < 1.29 is 5.48 Å². The van der Waals surface area contributed by atoms with Crippen LogP contribution in [0.25, 0.3) is 55.3 Å². The molecule has 0 radical (unpaired) electrons. The van der Waals surface area contributed by atoms with E-state index in [4.69, 9.17) is 0 Å². The summed E-state index contributed by atoms with van der Waals surface area (Å²) in [6.45, 7) is 0. The number of hydrogen-bond acceptors (Lipinski definition) is 1. The van der Waals surface area contributed by atoms with Gasteiger partial charge >= 0.3 is 0 Å². The van der Waals surface area contributed by atoms with E-state index < -0.39 is 5.41 Å². The van der Waals surface area contributed by atoms with Gasteiger partial charge in [-0.1, -0.05) is 212 Å². The lowest BCUT2D eigenvalue weighted by molar-refractivity contribution is 0.768. The lowest BCUT2D eigenvalue weighted by Gasteiger charge is -2.34. The second kappa shape index (κ2) is 14.9. The van der Waals surface area contributed by atoms with Gasteiger partial charge in [-0.05, 0) is 108 Å². The minimum Gasteiger partial charge on any atom is -0.310 e. The van der Waals surface area contributed by atoms with Crippen LogP contribution >= 0.6 is 0 Å². The zero-order chi connectivity index (χ0) is 43.4. The predicted octanol–water partition coefficient (Wildman–Crippen LogP) is 15.7. The number of rotatable bonds is 8. The summed E-state index contributed by atoms with van der Waals surface area (Å²) in [5.74, 6) is 0. The maximum Gasteiger partial charge on any atom is 0.0714 e. The minimum atomic E-state index is -0.687. The van der Waals surface area contributed by atoms with Crippen LogP contribution < -0.4 is 4.90 Å². The molecule has 0 aromatic heterocycles. The molecule has 1 heteroatoms. The van der Waals surface area contributed by atoms with Crippen molar-refractivity contribution in [1.82, 2.24) is 0 Å². The molecule has 0 heterocycles. The van der Waals surface area contributed by atoms with Crippen molar-refractivity contribution in [3.63, 3.8) is 0 Å². The first kappa shape index (κ1) is 31.3. The Morgan fingerprint density at radius 1 is 0.333 bits per heavy atom. The molecule has 0 saturated heterocycles. The van der Waals surface area contributed by atoms with Crippen molar-refractivity contribution in [2.45, 2.75) is 5.41 Å². The molecule has 0 spiro atoms. The monoisotopic (exact) mass is 767 g/mol. The van der Waals surface area contributed by atoms with Crippen molar-refractivity contribution in [3.8, 4) is 44.5 Å². The Morgan fingerprint density at radius 3 is 1.57 bits per heavy atom. The quantitative estimate of drug-likeness (QED) is 0.149. The van der Waals surface area contributed by atoms with Crippen LogP contribution in [-0.4, -0.2) is 0 Å². The molecule has 1 aliphatic rings. The highest BCUT2D eigenvalue weighted by Crippen LogP contribution is 2.59. The van der Waals surface area contributed by atoms with E-state index in [0.717, 1.165) is 72.1 Å². The molecule has 1 aliphatic carbocycles. The van der Waals surface area contributed by atoms with Gasteiger partial charge in [0, 0.05) is 16.9 Å². The molecule has 60 heavy (non-hydrogen) atoms. The van der Waals surface area contributed by atoms with Crippen molar-refractivity contribution >= 4 is 27.8 Å². The van der Waals surface area contributed by atoms with Crippen molar-refractivity contribution in [1.29, 1.82) is 0 Å². The summed E-state index contributed by atoms with van der Waals surface area (Å²) < 4.78 is 39.1. The Bertz CT molecular complexity index is 3300. The Balaban J connectivity index is 1.17. The number of anilines is 3. The summed E-state index contributed by atoms with van der Waals surface area (Å²) in [5, 5.41) is 2.28. The van der Waals surface area contributed by atoms with Crippen molar-refractivity contribution in [2.24, 2.45) is 0 Å². The second-order valence-electron chi connectivity index (χ2n) is 15.3. The first-order valence-corrected chi connectivity index (χ1v) is 20.4. The summed E-state index contributed by atoms with van der Waals surface area (Å²) in [7, 11) is 0. The molecule has 0 bridgehead atoms. The largest absolute Gasteiger partial charge is 0.310 e. The number of nitrogens with zero attached hydrogens (tertiary/aromatic N) is 1. The Labute approximate surface area is 357 Å². The summed E-state index contributed by atoms with van der Waals surface area (Å²) >= 11 is 0. The molecule has 0 N–H and O–H groups in total.